The van der Waals surface area contributed by atoms with E-state index in [0.29, 0.717) is 17.1 Å². The summed E-state index contributed by atoms with van der Waals surface area (Å²) in [6, 6.07) is 4.59. The molecular weight excluding hydrogens is 277 g/mol. The van der Waals surface area contributed by atoms with Gasteiger partial charge >= 0.3 is 6.18 Å². The molecule has 0 aliphatic rings. The van der Waals surface area contributed by atoms with Gasteiger partial charge in [-0.25, -0.2) is 0 Å². The summed E-state index contributed by atoms with van der Waals surface area (Å²) in [5.41, 5.74) is 5.79. The molecule has 0 aliphatic heterocycles. The van der Waals surface area contributed by atoms with Gasteiger partial charge in [0, 0.05) is 5.56 Å². The summed E-state index contributed by atoms with van der Waals surface area (Å²) in [4.78, 5) is 0. The third-order valence-corrected chi connectivity index (χ3v) is 2.23. The summed E-state index contributed by atoms with van der Waals surface area (Å²) in [6.45, 7) is -1.56. The van der Waals surface area contributed by atoms with Crippen LogP contribution in [0.15, 0.2) is 18.2 Å². The van der Waals surface area contributed by atoms with Gasteiger partial charge in [0.05, 0.1) is 13.7 Å². The monoisotopic (exact) mass is 292 g/mol. The van der Waals surface area contributed by atoms with Gasteiger partial charge in [0.2, 0.25) is 0 Å². The van der Waals surface area contributed by atoms with E-state index >= 15 is 0 Å². The predicted octanol–water partition coefficient (Wildman–Crippen LogP) is 1.94. The molecule has 0 heterocycles. The van der Waals surface area contributed by atoms with Gasteiger partial charge in [-0.05, 0) is 18.2 Å². The fourth-order valence-electron chi connectivity index (χ4n) is 1.35. The van der Waals surface area contributed by atoms with Crippen molar-refractivity contribution in [2.75, 3.05) is 26.9 Å². The summed E-state index contributed by atoms with van der Waals surface area (Å²) in [7, 11) is 1.41. The van der Waals surface area contributed by atoms with Gasteiger partial charge in [-0.3, -0.25) is 5.41 Å². The molecule has 112 valence electrons. The number of hydrogen-bond donors (Lipinski definition) is 2. The number of halogens is 3. The minimum absolute atomic E-state index is 0.0497. The van der Waals surface area contributed by atoms with Crippen molar-refractivity contribution in [1.29, 1.82) is 5.41 Å². The van der Waals surface area contributed by atoms with Crippen molar-refractivity contribution in [3.63, 3.8) is 0 Å². The molecule has 8 heteroatoms. The number of nitrogen functional groups attached to an aromatic ring is 1. The number of hydrogen-bond acceptors (Lipinski definition) is 4. The van der Waals surface area contributed by atoms with Gasteiger partial charge in [-0.15, -0.1) is 0 Å². The number of nitrogens with two attached hydrogens (primary N) is 1. The van der Waals surface area contributed by atoms with E-state index in [1.807, 2.05) is 0 Å². The number of ether oxygens (including phenoxy) is 3. The van der Waals surface area contributed by atoms with Crippen LogP contribution in [-0.2, 0) is 4.74 Å². The Morgan fingerprint density at radius 3 is 2.50 bits per heavy atom. The van der Waals surface area contributed by atoms with E-state index in [1.54, 1.807) is 6.07 Å². The number of alkyl halides is 3. The van der Waals surface area contributed by atoms with Crippen molar-refractivity contribution < 1.29 is 27.4 Å². The molecule has 1 rings (SSSR count). The zero-order valence-corrected chi connectivity index (χ0v) is 10.8. The highest BCUT2D eigenvalue weighted by molar-refractivity contribution is 5.95. The summed E-state index contributed by atoms with van der Waals surface area (Å²) in [5, 5.41) is 7.28. The lowest BCUT2D eigenvalue weighted by Gasteiger charge is -2.12. The van der Waals surface area contributed by atoms with Crippen molar-refractivity contribution in [3.8, 4) is 11.5 Å². The molecule has 0 unspecified atom stereocenters. The summed E-state index contributed by atoms with van der Waals surface area (Å²) in [6.07, 6.45) is -4.35. The van der Waals surface area contributed by atoms with Crippen LogP contribution in [0.4, 0.5) is 13.2 Å². The van der Waals surface area contributed by atoms with Gasteiger partial charge in [0.1, 0.15) is 19.0 Å². The topological polar surface area (TPSA) is 77.6 Å². The number of nitrogens with one attached hydrogen (secondary N) is 1. The van der Waals surface area contributed by atoms with Crippen LogP contribution >= 0.6 is 0 Å². The highest BCUT2D eigenvalue weighted by Gasteiger charge is 2.27. The molecule has 0 saturated carbocycles. The maximum atomic E-state index is 11.8. The molecule has 0 spiro atoms. The van der Waals surface area contributed by atoms with Crippen LogP contribution in [-0.4, -0.2) is 38.9 Å². The van der Waals surface area contributed by atoms with Gasteiger partial charge < -0.3 is 19.9 Å². The third-order valence-electron chi connectivity index (χ3n) is 2.23. The molecule has 0 aromatic heterocycles. The minimum Gasteiger partial charge on any atom is -0.493 e. The first-order valence-electron chi connectivity index (χ1n) is 5.63. The third kappa shape index (κ3) is 5.35. The molecule has 0 saturated heterocycles. The predicted molar refractivity (Wildman–Crippen MR) is 66.4 cm³/mol. The molecule has 1 aromatic rings. The number of benzene rings is 1. The molecule has 0 atom stereocenters. The molecule has 0 bridgehead atoms. The Bertz CT molecular complexity index is 464. The van der Waals surface area contributed by atoms with Crippen LogP contribution in [0.3, 0.4) is 0 Å². The van der Waals surface area contributed by atoms with E-state index in [0.717, 1.165) is 0 Å². The zero-order valence-electron chi connectivity index (χ0n) is 10.8. The maximum absolute atomic E-state index is 11.8. The van der Waals surface area contributed by atoms with E-state index in [2.05, 4.69) is 4.74 Å². The summed E-state index contributed by atoms with van der Waals surface area (Å²) >= 11 is 0. The van der Waals surface area contributed by atoms with E-state index in [1.165, 1.54) is 19.2 Å². The summed E-state index contributed by atoms with van der Waals surface area (Å²) in [5.74, 6) is 0.560. The zero-order chi connectivity index (χ0) is 15.2. The van der Waals surface area contributed by atoms with Crippen molar-refractivity contribution in [2.24, 2.45) is 5.73 Å². The van der Waals surface area contributed by atoms with E-state index in [9.17, 15) is 13.2 Å². The second kappa shape index (κ2) is 6.99. The Hall–Kier alpha value is -1.96. The molecule has 0 aliphatic carbocycles. The lowest BCUT2D eigenvalue weighted by Crippen LogP contribution is -2.19. The van der Waals surface area contributed by atoms with Crippen LogP contribution in [0.5, 0.6) is 11.5 Å². The van der Waals surface area contributed by atoms with Gasteiger partial charge in [-0.1, -0.05) is 0 Å². The van der Waals surface area contributed by atoms with Crippen molar-refractivity contribution in [2.45, 2.75) is 6.18 Å². The van der Waals surface area contributed by atoms with Gasteiger partial charge in [-0.2, -0.15) is 13.2 Å². The van der Waals surface area contributed by atoms with E-state index in [4.69, 9.17) is 20.6 Å². The summed E-state index contributed by atoms with van der Waals surface area (Å²) < 4.78 is 50.2. The smallest absolute Gasteiger partial charge is 0.411 e. The van der Waals surface area contributed by atoms with Crippen LogP contribution in [0.25, 0.3) is 0 Å². The Kier molecular flexibility index (Phi) is 5.63. The van der Waals surface area contributed by atoms with E-state index in [-0.39, 0.29) is 19.0 Å². The van der Waals surface area contributed by atoms with Crippen molar-refractivity contribution in [1.82, 2.24) is 0 Å². The van der Waals surface area contributed by atoms with Crippen LogP contribution in [0.1, 0.15) is 5.56 Å². The number of rotatable bonds is 7. The molecule has 0 fully saturated rings. The first-order chi connectivity index (χ1) is 9.33. The molecule has 0 radical (unpaired) electrons. The first kappa shape index (κ1) is 16.1. The normalized spacial score (nSPS) is 11.2. The van der Waals surface area contributed by atoms with Gasteiger partial charge in [0.25, 0.3) is 0 Å². The lowest BCUT2D eigenvalue weighted by molar-refractivity contribution is -0.175. The van der Waals surface area contributed by atoms with Crippen LogP contribution in [0, 0.1) is 5.41 Å². The highest BCUT2D eigenvalue weighted by atomic mass is 19.4. The highest BCUT2D eigenvalue weighted by Crippen LogP contribution is 2.27. The minimum atomic E-state index is -4.35. The molecule has 5 nitrogen and oxygen atoms in total. The molecular formula is C12H15F3N2O3. The quantitative estimate of drug-likeness (QED) is 0.457. The van der Waals surface area contributed by atoms with Crippen LogP contribution < -0.4 is 15.2 Å². The Morgan fingerprint density at radius 2 is 1.95 bits per heavy atom. The molecule has 1 aromatic carbocycles. The van der Waals surface area contributed by atoms with Crippen molar-refractivity contribution in [3.05, 3.63) is 23.8 Å². The molecule has 3 N–H and O–H groups in total. The Morgan fingerprint density at radius 1 is 1.25 bits per heavy atom. The Balaban J connectivity index is 2.49. The van der Waals surface area contributed by atoms with E-state index < -0.39 is 12.8 Å². The second-order valence-corrected chi connectivity index (χ2v) is 3.80. The van der Waals surface area contributed by atoms with Crippen molar-refractivity contribution >= 4 is 5.84 Å². The average molecular weight is 292 g/mol. The SMILES string of the molecule is COc1cc(C(=N)N)ccc1OCCOCC(F)(F)F. The molecule has 20 heavy (non-hydrogen) atoms. The molecule has 0 amide bonds. The Labute approximate surface area is 113 Å². The standard InChI is InChI=1S/C12H15F3N2O3/c1-18-10-6-8(11(16)17)2-3-9(10)20-5-4-19-7-12(13,14)15/h2-3,6H,4-5,7H2,1H3,(H3,16,17). The van der Waals surface area contributed by atoms with Crippen LogP contribution in [0.2, 0.25) is 0 Å². The lowest BCUT2D eigenvalue weighted by atomic mass is 10.2. The fraction of sp³-hybridized carbons (Fsp3) is 0.417. The first-order valence-corrected chi connectivity index (χ1v) is 5.63. The number of amidine groups is 1. The fourth-order valence-corrected chi connectivity index (χ4v) is 1.35. The largest absolute Gasteiger partial charge is 0.493 e. The average Bonchev–Trinajstić information content (AvgIpc) is 2.36. The van der Waals surface area contributed by atoms with Gasteiger partial charge in [0.15, 0.2) is 11.5 Å². The number of methoxy groups -OCH3 is 1. The maximum Gasteiger partial charge on any atom is 0.411 e. The second-order valence-electron chi connectivity index (χ2n) is 3.80.